The molecule has 3 N–H and O–H groups in total. The summed E-state index contributed by atoms with van der Waals surface area (Å²) in [4.78, 5) is 16.4. The molecule has 0 atom stereocenters. The molecule has 10 heteroatoms. The molecule has 9 nitrogen and oxygen atoms in total. The summed E-state index contributed by atoms with van der Waals surface area (Å²) in [6.07, 6.45) is 2.87. The van der Waals surface area contributed by atoms with Crippen LogP contribution in [0.1, 0.15) is 5.69 Å². The highest BCUT2D eigenvalue weighted by molar-refractivity contribution is 7.89. The van der Waals surface area contributed by atoms with Crippen LogP contribution >= 0.6 is 0 Å². The monoisotopic (exact) mass is 311 g/mol. The first-order valence-corrected chi connectivity index (χ1v) is 7.35. The molecule has 0 spiro atoms. The third kappa shape index (κ3) is 3.35. The lowest BCUT2D eigenvalue weighted by atomic mass is 10.3. The number of benzene rings is 1. The molecule has 0 saturated heterocycles. The smallest absolute Gasteiger partial charge is 0.291 e. The molecule has 0 amide bonds. The second-order valence-corrected chi connectivity index (χ2v) is 5.83. The topological polar surface area (TPSA) is 130 Å². The van der Waals surface area contributed by atoms with Crippen molar-refractivity contribution in [2.45, 2.75) is 11.4 Å². The lowest BCUT2D eigenvalue weighted by Gasteiger charge is -2.08. The second-order valence-electron chi connectivity index (χ2n) is 4.09. The Balaban J connectivity index is 2.32. The third-order valence-electron chi connectivity index (χ3n) is 2.74. The molecule has 0 aliphatic rings. The first-order chi connectivity index (χ1) is 9.94. The Morgan fingerprint density at radius 1 is 1.43 bits per heavy atom. The molecule has 0 radical (unpaired) electrons. The van der Waals surface area contributed by atoms with E-state index in [1.165, 1.54) is 30.7 Å². The van der Waals surface area contributed by atoms with Gasteiger partial charge in [0.2, 0.25) is 10.0 Å². The maximum absolute atomic E-state index is 12.2. The van der Waals surface area contributed by atoms with Gasteiger partial charge in [-0.25, -0.2) is 18.1 Å². The van der Waals surface area contributed by atoms with Gasteiger partial charge in [0.15, 0.2) is 4.90 Å². The summed E-state index contributed by atoms with van der Waals surface area (Å²) in [6, 6.07) is 3.82. The number of nitro benzene ring substituents is 1. The maximum atomic E-state index is 12.2. The van der Waals surface area contributed by atoms with Crippen LogP contribution in [0.15, 0.2) is 35.6 Å². The van der Waals surface area contributed by atoms with Gasteiger partial charge in [0.25, 0.3) is 5.69 Å². The molecule has 112 valence electrons. The van der Waals surface area contributed by atoms with Crippen molar-refractivity contribution >= 4 is 21.4 Å². The molecule has 0 aliphatic heterocycles. The van der Waals surface area contributed by atoms with Crippen LogP contribution in [0.25, 0.3) is 0 Å². The van der Waals surface area contributed by atoms with Crippen LogP contribution < -0.4 is 10.0 Å². The van der Waals surface area contributed by atoms with Crippen molar-refractivity contribution in [1.82, 2.24) is 14.7 Å². The van der Waals surface area contributed by atoms with E-state index >= 15 is 0 Å². The van der Waals surface area contributed by atoms with E-state index in [2.05, 4.69) is 20.0 Å². The van der Waals surface area contributed by atoms with Crippen molar-refractivity contribution in [3.8, 4) is 0 Å². The molecular weight excluding hydrogens is 298 g/mol. The summed E-state index contributed by atoms with van der Waals surface area (Å²) in [6.45, 7) is -0.0345. The van der Waals surface area contributed by atoms with Gasteiger partial charge in [0.05, 0.1) is 17.8 Å². The molecule has 0 unspecified atom stereocenters. The number of hydrogen-bond donors (Lipinski definition) is 3. The van der Waals surface area contributed by atoms with Crippen LogP contribution in [0.5, 0.6) is 0 Å². The van der Waals surface area contributed by atoms with Gasteiger partial charge in [0.1, 0.15) is 0 Å². The summed E-state index contributed by atoms with van der Waals surface area (Å²) in [5.41, 5.74) is 0.515. The molecule has 1 heterocycles. The van der Waals surface area contributed by atoms with Crippen molar-refractivity contribution in [2.75, 3.05) is 12.4 Å². The first-order valence-electron chi connectivity index (χ1n) is 5.87. The van der Waals surface area contributed by atoms with Crippen LogP contribution in [0.2, 0.25) is 0 Å². The average molecular weight is 311 g/mol. The minimum atomic E-state index is -4.00. The fourth-order valence-corrected chi connectivity index (χ4v) is 2.83. The Kier molecular flexibility index (Phi) is 4.19. The Hall–Kier alpha value is -2.46. The number of sulfonamides is 1. The van der Waals surface area contributed by atoms with Gasteiger partial charge < -0.3 is 10.3 Å². The molecule has 0 bridgehead atoms. The SMILES string of the molecule is CNc1ccc(S(=O)(=O)NCc2cnc[nH]2)c([N+](=O)[O-])c1. The summed E-state index contributed by atoms with van der Waals surface area (Å²) < 4.78 is 26.7. The van der Waals surface area contributed by atoms with Gasteiger partial charge in [-0.05, 0) is 12.1 Å². The van der Waals surface area contributed by atoms with Crippen molar-refractivity contribution in [3.05, 3.63) is 46.5 Å². The van der Waals surface area contributed by atoms with Gasteiger partial charge in [-0.3, -0.25) is 10.1 Å². The van der Waals surface area contributed by atoms with Crippen LogP contribution in [-0.2, 0) is 16.6 Å². The van der Waals surface area contributed by atoms with Gasteiger partial charge in [-0.1, -0.05) is 0 Å². The molecular formula is C11H13N5O4S. The molecule has 2 rings (SSSR count). The van der Waals surface area contributed by atoms with E-state index in [0.717, 1.165) is 0 Å². The number of H-pyrrole nitrogens is 1. The van der Waals surface area contributed by atoms with Gasteiger partial charge in [0, 0.05) is 30.7 Å². The first kappa shape index (κ1) is 14.9. The lowest BCUT2D eigenvalue weighted by molar-refractivity contribution is -0.387. The highest BCUT2D eigenvalue weighted by Gasteiger charge is 2.25. The zero-order chi connectivity index (χ0) is 15.5. The normalized spacial score (nSPS) is 11.3. The number of nitro groups is 1. The van der Waals surface area contributed by atoms with Crippen molar-refractivity contribution in [2.24, 2.45) is 0 Å². The van der Waals surface area contributed by atoms with Crippen molar-refractivity contribution in [1.29, 1.82) is 0 Å². The lowest BCUT2D eigenvalue weighted by Crippen LogP contribution is -2.24. The Morgan fingerprint density at radius 2 is 2.19 bits per heavy atom. The summed E-state index contributed by atoms with van der Waals surface area (Å²) >= 11 is 0. The van der Waals surface area contributed by atoms with Gasteiger partial charge in [-0.2, -0.15) is 0 Å². The Bertz CT molecular complexity index is 742. The number of anilines is 1. The molecule has 1 aromatic carbocycles. The molecule has 21 heavy (non-hydrogen) atoms. The number of aromatic amines is 1. The quantitative estimate of drug-likeness (QED) is 0.535. The van der Waals surface area contributed by atoms with Gasteiger partial charge >= 0.3 is 0 Å². The van der Waals surface area contributed by atoms with E-state index in [9.17, 15) is 18.5 Å². The molecule has 0 aliphatic carbocycles. The summed E-state index contributed by atoms with van der Waals surface area (Å²) in [5, 5.41) is 13.8. The van der Waals surface area contributed by atoms with Crippen LogP contribution in [-0.4, -0.2) is 30.4 Å². The van der Waals surface area contributed by atoms with E-state index in [0.29, 0.717) is 11.4 Å². The predicted octanol–water partition coefficient (Wildman–Crippen LogP) is 0.838. The van der Waals surface area contributed by atoms with Crippen molar-refractivity contribution in [3.63, 3.8) is 0 Å². The van der Waals surface area contributed by atoms with Crippen molar-refractivity contribution < 1.29 is 13.3 Å². The number of rotatable bonds is 6. The number of imidazole rings is 1. The van der Waals surface area contributed by atoms with E-state index in [4.69, 9.17) is 0 Å². The highest BCUT2D eigenvalue weighted by atomic mass is 32.2. The van der Waals surface area contributed by atoms with Crippen LogP contribution in [0.4, 0.5) is 11.4 Å². The van der Waals surface area contributed by atoms with E-state index in [-0.39, 0.29) is 11.4 Å². The van der Waals surface area contributed by atoms with E-state index in [1.54, 1.807) is 7.05 Å². The Morgan fingerprint density at radius 3 is 2.76 bits per heavy atom. The van der Waals surface area contributed by atoms with E-state index in [1.807, 2.05) is 0 Å². The largest absolute Gasteiger partial charge is 0.388 e. The van der Waals surface area contributed by atoms with Crippen LogP contribution in [0.3, 0.4) is 0 Å². The number of hydrogen-bond acceptors (Lipinski definition) is 6. The predicted molar refractivity (Wildman–Crippen MR) is 75.3 cm³/mol. The zero-order valence-electron chi connectivity index (χ0n) is 11.0. The summed E-state index contributed by atoms with van der Waals surface area (Å²) in [5.74, 6) is 0. The van der Waals surface area contributed by atoms with E-state index < -0.39 is 20.6 Å². The third-order valence-corrected chi connectivity index (χ3v) is 4.19. The zero-order valence-corrected chi connectivity index (χ0v) is 11.8. The standard InChI is InChI=1S/C11H13N5O4S/c1-12-8-2-3-11(10(4-8)16(17)18)21(19,20)15-6-9-5-13-7-14-9/h2-5,7,12,15H,6H2,1H3,(H,13,14). The molecule has 1 aromatic heterocycles. The number of aromatic nitrogens is 2. The summed E-state index contributed by atoms with van der Waals surface area (Å²) in [7, 11) is -2.42. The minimum Gasteiger partial charge on any atom is -0.388 e. The molecule has 0 saturated carbocycles. The fourth-order valence-electron chi connectivity index (χ4n) is 1.67. The average Bonchev–Trinajstić information content (AvgIpc) is 2.98. The highest BCUT2D eigenvalue weighted by Crippen LogP contribution is 2.27. The number of nitrogens with one attached hydrogen (secondary N) is 3. The molecule has 2 aromatic rings. The molecule has 0 fully saturated rings. The number of nitrogens with zero attached hydrogens (tertiary/aromatic N) is 2. The van der Waals surface area contributed by atoms with Gasteiger partial charge in [-0.15, -0.1) is 0 Å². The minimum absolute atomic E-state index is 0.0345. The second kappa shape index (κ2) is 5.89. The maximum Gasteiger partial charge on any atom is 0.291 e. The Labute approximate surface area is 120 Å². The fraction of sp³-hybridized carbons (Fsp3) is 0.182. The van der Waals surface area contributed by atoms with Crippen LogP contribution in [0, 0.1) is 10.1 Å².